The number of carbonyl (C=O) groups is 1. The van der Waals surface area contributed by atoms with Crippen molar-refractivity contribution in [3.05, 3.63) is 77.7 Å². The fourth-order valence-corrected chi connectivity index (χ4v) is 3.69. The minimum atomic E-state index is -0.349. The normalized spacial score (nSPS) is 20.1. The average Bonchev–Trinajstić information content (AvgIpc) is 2.63. The van der Waals surface area contributed by atoms with Gasteiger partial charge in [-0.1, -0.05) is 30.3 Å². The highest BCUT2D eigenvalue weighted by molar-refractivity contribution is 5.81. The summed E-state index contributed by atoms with van der Waals surface area (Å²) in [6.07, 6.45) is 2.89. The van der Waals surface area contributed by atoms with Crippen LogP contribution in [0.1, 0.15) is 30.0 Å². The van der Waals surface area contributed by atoms with Gasteiger partial charge in [0.1, 0.15) is 5.82 Å². The summed E-state index contributed by atoms with van der Waals surface area (Å²) in [5, 5.41) is 13.8. The zero-order valence-electron chi connectivity index (χ0n) is 14.8. The molecule has 1 atom stereocenters. The van der Waals surface area contributed by atoms with Crippen molar-refractivity contribution >= 4 is 16.8 Å². The molecular formula is C22H21FN2O2. The Morgan fingerprint density at radius 2 is 2.00 bits per heavy atom. The molecule has 138 valence electrons. The van der Waals surface area contributed by atoms with Gasteiger partial charge in [0.05, 0.1) is 24.1 Å². The molecule has 0 saturated heterocycles. The van der Waals surface area contributed by atoms with Crippen molar-refractivity contribution in [2.75, 3.05) is 0 Å². The fourth-order valence-electron chi connectivity index (χ4n) is 3.69. The number of para-hydroxylation sites is 1. The van der Waals surface area contributed by atoms with Crippen LogP contribution in [0, 0.1) is 11.7 Å². The monoisotopic (exact) mass is 364 g/mol. The van der Waals surface area contributed by atoms with Crippen molar-refractivity contribution in [3.8, 4) is 0 Å². The molecule has 3 aromatic rings. The Bertz CT molecular complexity index is 969. The number of amides is 1. The van der Waals surface area contributed by atoms with Crippen LogP contribution in [0.2, 0.25) is 0 Å². The average molecular weight is 364 g/mol. The predicted molar refractivity (Wildman–Crippen MR) is 101 cm³/mol. The number of pyridine rings is 1. The summed E-state index contributed by atoms with van der Waals surface area (Å²) in [5.41, 5.74) is 2.47. The third-order valence-corrected chi connectivity index (χ3v) is 5.16. The lowest BCUT2D eigenvalue weighted by atomic mass is 9.75. The zero-order valence-corrected chi connectivity index (χ0v) is 14.8. The smallest absolute Gasteiger partial charge is 0.224 e. The molecule has 27 heavy (non-hydrogen) atoms. The van der Waals surface area contributed by atoms with E-state index in [2.05, 4.69) is 10.3 Å². The lowest BCUT2D eigenvalue weighted by Gasteiger charge is -2.38. The second-order valence-corrected chi connectivity index (χ2v) is 7.20. The summed E-state index contributed by atoms with van der Waals surface area (Å²) in [6, 6.07) is 15.7. The minimum Gasteiger partial charge on any atom is -0.393 e. The van der Waals surface area contributed by atoms with E-state index >= 15 is 0 Å². The molecule has 2 aromatic carbocycles. The van der Waals surface area contributed by atoms with Crippen LogP contribution in [-0.2, 0) is 11.2 Å². The Hall–Kier alpha value is -2.79. The highest BCUT2D eigenvalue weighted by Crippen LogP contribution is 2.38. The SMILES string of the molecule is O=C(Cc1cccc(F)c1)N[C@H](c1cnc2ccccc2c1)C1CC(O)C1. The summed E-state index contributed by atoms with van der Waals surface area (Å²) < 4.78 is 13.4. The highest BCUT2D eigenvalue weighted by atomic mass is 19.1. The van der Waals surface area contributed by atoms with E-state index in [9.17, 15) is 14.3 Å². The number of aromatic nitrogens is 1. The molecule has 1 fully saturated rings. The molecule has 1 saturated carbocycles. The molecule has 5 heteroatoms. The number of benzene rings is 2. The molecule has 4 rings (SSSR count). The topological polar surface area (TPSA) is 62.2 Å². The number of carbonyl (C=O) groups excluding carboxylic acids is 1. The highest BCUT2D eigenvalue weighted by Gasteiger charge is 2.35. The summed E-state index contributed by atoms with van der Waals surface area (Å²) in [5.74, 6) is -0.350. The lowest BCUT2D eigenvalue weighted by molar-refractivity contribution is -0.122. The Labute approximate surface area is 157 Å². The van der Waals surface area contributed by atoms with E-state index in [4.69, 9.17) is 0 Å². The van der Waals surface area contributed by atoms with Gasteiger partial charge in [0.25, 0.3) is 0 Å². The molecule has 4 nitrogen and oxygen atoms in total. The van der Waals surface area contributed by atoms with E-state index in [0.717, 1.165) is 16.5 Å². The Morgan fingerprint density at radius 1 is 1.19 bits per heavy atom. The first-order valence-electron chi connectivity index (χ1n) is 9.15. The third kappa shape index (κ3) is 3.98. The molecule has 1 aromatic heterocycles. The molecule has 0 unspecified atom stereocenters. The van der Waals surface area contributed by atoms with Gasteiger partial charge in [0, 0.05) is 11.6 Å². The number of fused-ring (bicyclic) bond motifs is 1. The summed E-state index contributed by atoms with van der Waals surface area (Å²) in [6.45, 7) is 0. The summed E-state index contributed by atoms with van der Waals surface area (Å²) in [7, 11) is 0. The van der Waals surface area contributed by atoms with Crippen molar-refractivity contribution in [3.63, 3.8) is 0 Å². The maximum absolute atomic E-state index is 13.4. The molecular weight excluding hydrogens is 343 g/mol. The number of aliphatic hydroxyl groups excluding tert-OH is 1. The Balaban J connectivity index is 1.56. The van der Waals surface area contributed by atoms with E-state index in [0.29, 0.717) is 18.4 Å². The number of hydrogen-bond donors (Lipinski definition) is 2. The first kappa shape index (κ1) is 17.6. The van der Waals surface area contributed by atoms with Crippen molar-refractivity contribution in [1.29, 1.82) is 0 Å². The van der Waals surface area contributed by atoms with E-state index in [1.165, 1.54) is 12.1 Å². The number of hydrogen-bond acceptors (Lipinski definition) is 3. The van der Waals surface area contributed by atoms with Crippen LogP contribution < -0.4 is 5.32 Å². The van der Waals surface area contributed by atoms with Crippen LogP contribution in [0.5, 0.6) is 0 Å². The summed E-state index contributed by atoms with van der Waals surface area (Å²) >= 11 is 0. The molecule has 0 aliphatic heterocycles. The van der Waals surface area contributed by atoms with E-state index < -0.39 is 0 Å². The van der Waals surface area contributed by atoms with Crippen LogP contribution in [0.3, 0.4) is 0 Å². The fraction of sp³-hybridized carbons (Fsp3) is 0.273. The van der Waals surface area contributed by atoms with Gasteiger partial charge in [-0.25, -0.2) is 4.39 Å². The second kappa shape index (κ2) is 7.45. The lowest BCUT2D eigenvalue weighted by Crippen LogP contribution is -2.42. The molecule has 1 heterocycles. The Kier molecular flexibility index (Phi) is 4.86. The van der Waals surface area contributed by atoms with Crippen LogP contribution in [0.15, 0.2) is 60.8 Å². The third-order valence-electron chi connectivity index (χ3n) is 5.16. The first-order chi connectivity index (χ1) is 13.1. The zero-order chi connectivity index (χ0) is 18.8. The van der Waals surface area contributed by atoms with Crippen molar-refractivity contribution < 1.29 is 14.3 Å². The molecule has 1 aliphatic carbocycles. The van der Waals surface area contributed by atoms with Gasteiger partial charge >= 0.3 is 0 Å². The van der Waals surface area contributed by atoms with Crippen LogP contribution >= 0.6 is 0 Å². The van der Waals surface area contributed by atoms with Crippen LogP contribution in [0.25, 0.3) is 10.9 Å². The van der Waals surface area contributed by atoms with Crippen molar-refractivity contribution in [2.24, 2.45) is 5.92 Å². The summed E-state index contributed by atoms with van der Waals surface area (Å²) in [4.78, 5) is 17.1. The quantitative estimate of drug-likeness (QED) is 0.728. The van der Waals surface area contributed by atoms with Gasteiger partial charge < -0.3 is 10.4 Å². The van der Waals surface area contributed by atoms with Gasteiger partial charge in [0.15, 0.2) is 0 Å². The maximum Gasteiger partial charge on any atom is 0.224 e. The van der Waals surface area contributed by atoms with E-state index in [1.807, 2.05) is 30.3 Å². The number of rotatable bonds is 5. The molecule has 1 aliphatic rings. The number of nitrogens with zero attached hydrogens (tertiary/aromatic N) is 1. The molecule has 0 radical (unpaired) electrons. The molecule has 2 N–H and O–H groups in total. The number of aliphatic hydroxyl groups is 1. The van der Waals surface area contributed by atoms with Gasteiger partial charge in [-0.2, -0.15) is 0 Å². The molecule has 1 amide bonds. The largest absolute Gasteiger partial charge is 0.393 e. The maximum atomic E-state index is 13.4. The van der Waals surface area contributed by atoms with E-state index in [1.54, 1.807) is 18.3 Å². The van der Waals surface area contributed by atoms with Crippen LogP contribution in [-0.4, -0.2) is 22.1 Å². The standard InChI is InChI=1S/C22H21FN2O2/c23-18-6-3-4-14(8-18)9-21(27)25-22(16-11-19(26)12-16)17-10-15-5-1-2-7-20(15)24-13-17/h1-8,10,13,16,19,22,26H,9,11-12H2,(H,25,27)/t16?,19?,22-/m0/s1. The van der Waals surface area contributed by atoms with Gasteiger partial charge in [-0.15, -0.1) is 0 Å². The van der Waals surface area contributed by atoms with Crippen molar-refractivity contribution in [2.45, 2.75) is 31.4 Å². The number of nitrogens with one attached hydrogen (secondary N) is 1. The molecule has 0 bridgehead atoms. The van der Waals surface area contributed by atoms with Gasteiger partial charge in [-0.05, 0) is 54.2 Å². The van der Waals surface area contributed by atoms with Crippen molar-refractivity contribution in [1.82, 2.24) is 10.3 Å². The number of halogens is 1. The van der Waals surface area contributed by atoms with E-state index in [-0.39, 0.29) is 36.2 Å². The first-order valence-corrected chi connectivity index (χ1v) is 9.15. The Morgan fingerprint density at radius 3 is 2.78 bits per heavy atom. The molecule has 0 spiro atoms. The van der Waals surface area contributed by atoms with Crippen LogP contribution in [0.4, 0.5) is 4.39 Å². The van der Waals surface area contributed by atoms with Gasteiger partial charge in [-0.3, -0.25) is 9.78 Å². The predicted octanol–water partition coefficient (Wildman–Crippen LogP) is 3.54. The van der Waals surface area contributed by atoms with Gasteiger partial charge in [0.2, 0.25) is 5.91 Å². The minimum absolute atomic E-state index is 0.116. The second-order valence-electron chi connectivity index (χ2n) is 7.20.